The first-order valence-corrected chi connectivity index (χ1v) is 10.8. The molecular formula is C21H15BrClN5O4. The molecule has 9 nitrogen and oxygen atoms in total. The lowest BCUT2D eigenvalue weighted by Gasteiger charge is -2.31. The largest absolute Gasteiger partial charge is 0.511 e. The van der Waals surface area contributed by atoms with Crippen molar-refractivity contribution >= 4 is 50.3 Å². The number of rotatable bonds is 3. The number of fused-ring (bicyclic) bond motifs is 2. The van der Waals surface area contributed by atoms with Crippen LogP contribution in [0.1, 0.15) is 11.1 Å². The molecule has 0 aliphatic carbocycles. The van der Waals surface area contributed by atoms with Crippen molar-refractivity contribution in [1.82, 2.24) is 19.7 Å². The zero-order valence-electron chi connectivity index (χ0n) is 16.4. The summed E-state index contributed by atoms with van der Waals surface area (Å²) in [6, 6.07) is 9.66. The Hall–Kier alpha value is -3.37. The predicted octanol–water partition coefficient (Wildman–Crippen LogP) is 4.14. The van der Waals surface area contributed by atoms with E-state index in [-0.39, 0.29) is 17.3 Å². The van der Waals surface area contributed by atoms with Crippen molar-refractivity contribution in [3.05, 3.63) is 73.7 Å². The molecule has 2 aromatic carbocycles. The van der Waals surface area contributed by atoms with Crippen LogP contribution in [0.3, 0.4) is 0 Å². The minimum absolute atomic E-state index is 0.00522. The van der Waals surface area contributed by atoms with E-state index in [1.165, 1.54) is 28.2 Å². The third-order valence-electron chi connectivity index (χ3n) is 5.26. The lowest BCUT2D eigenvalue weighted by molar-refractivity contribution is 0.144. The number of H-pyrrole nitrogens is 1. The number of aromatic amines is 1. The van der Waals surface area contributed by atoms with Crippen LogP contribution < -0.4 is 15.2 Å². The van der Waals surface area contributed by atoms with Crippen LogP contribution >= 0.6 is 27.5 Å². The van der Waals surface area contributed by atoms with Gasteiger partial charge in [-0.1, -0.05) is 33.6 Å². The van der Waals surface area contributed by atoms with Crippen LogP contribution in [-0.4, -0.2) is 37.6 Å². The molecule has 0 bridgehead atoms. The van der Waals surface area contributed by atoms with Crippen LogP contribution in [0.2, 0.25) is 5.02 Å². The third-order valence-corrected chi connectivity index (χ3v) is 6.06. The van der Waals surface area contributed by atoms with Crippen molar-refractivity contribution in [1.29, 1.82) is 0 Å². The summed E-state index contributed by atoms with van der Waals surface area (Å²) in [5.41, 5.74) is 3.31. The Morgan fingerprint density at radius 3 is 2.91 bits per heavy atom. The molecule has 3 heterocycles. The summed E-state index contributed by atoms with van der Waals surface area (Å²) in [5, 5.41) is 13.6. The van der Waals surface area contributed by atoms with Crippen molar-refractivity contribution in [2.24, 2.45) is 0 Å². The summed E-state index contributed by atoms with van der Waals surface area (Å²) in [4.78, 5) is 32.7. The number of benzene rings is 2. The van der Waals surface area contributed by atoms with Gasteiger partial charge >= 0.3 is 6.16 Å². The number of aromatic nitrogens is 4. The molecule has 1 aliphatic rings. The number of nitrogens with one attached hydrogen (secondary N) is 1. The van der Waals surface area contributed by atoms with Crippen molar-refractivity contribution < 1.29 is 14.6 Å². The monoisotopic (exact) mass is 515 g/mol. The van der Waals surface area contributed by atoms with Gasteiger partial charge in [-0.3, -0.25) is 9.78 Å². The summed E-state index contributed by atoms with van der Waals surface area (Å²) in [6.07, 6.45) is 1.93. The van der Waals surface area contributed by atoms with E-state index in [2.05, 4.69) is 52.8 Å². The van der Waals surface area contributed by atoms with E-state index in [1.807, 2.05) is 6.07 Å². The van der Waals surface area contributed by atoms with Gasteiger partial charge in [-0.15, -0.1) is 0 Å². The van der Waals surface area contributed by atoms with E-state index in [1.54, 1.807) is 12.1 Å². The van der Waals surface area contributed by atoms with E-state index < -0.39 is 6.16 Å². The molecule has 0 saturated heterocycles. The average Bonchev–Trinajstić information content (AvgIpc) is 3.20. The topological polar surface area (TPSA) is 113 Å². The maximum atomic E-state index is 12.8. The van der Waals surface area contributed by atoms with E-state index in [9.17, 15) is 9.59 Å². The third kappa shape index (κ3) is 3.82. The van der Waals surface area contributed by atoms with Crippen molar-refractivity contribution in [2.45, 2.75) is 13.0 Å². The van der Waals surface area contributed by atoms with Gasteiger partial charge < -0.3 is 14.7 Å². The highest BCUT2D eigenvalue weighted by atomic mass is 79.9. The number of hydrogen-bond donors (Lipinski definition) is 2. The molecule has 0 spiro atoms. The normalized spacial score (nSPS) is 13.2. The molecule has 2 N–H and O–H groups in total. The Morgan fingerprint density at radius 1 is 1.25 bits per heavy atom. The van der Waals surface area contributed by atoms with Gasteiger partial charge in [0.2, 0.25) is 5.95 Å². The average molecular weight is 517 g/mol. The zero-order valence-corrected chi connectivity index (χ0v) is 18.7. The molecule has 0 atom stereocenters. The molecule has 0 unspecified atom stereocenters. The van der Waals surface area contributed by atoms with E-state index in [0.717, 1.165) is 23.1 Å². The van der Waals surface area contributed by atoms with E-state index in [0.29, 0.717) is 22.5 Å². The molecule has 4 aromatic rings. The molecule has 162 valence electrons. The summed E-state index contributed by atoms with van der Waals surface area (Å²) in [5.74, 6) is 0.119. The number of anilines is 1. The second-order valence-corrected chi connectivity index (χ2v) is 8.61. The molecule has 0 amide bonds. The molecule has 0 saturated carbocycles. The lowest BCUT2D eigenvalue weighted by atomic mass is 9.99. The van der Waals surface area contributed by atoms with Crippen LogP contribution in [0.4, 0.5) is 10.5 Å². The number of hydrogen-bond acceptors (Lipinski definition) is 6. The van der Waals surface area contributed by atoms with Crippen molar-refractivity contribution in [3.8, 4) is 11.7 Å². The molecular weight excluding hydrogens is 502 g/mol. The smallest absolute Gasteiger partial charge is 0.449 e. The highest BCUT2D eigenvalue weighted by Crippen LogP contribution is 2.33. The summed E-state index contributed by atoms with van der Waals surface area (Å²) in [7, 11) is 0. The highest BCUT2D eigenvalue weighted by Gasteiger charge is 2.20. The van der Waals surface area contributed by atoms with Crippen LogP contribution in [0.25, 0.3) is 16.9 Å². The summed E-state index contributed by atoms with van der Waals surface area (Å²) >= 11 is 10.1. The fraction of sp³-hybridized carbons (Fsp3) is 0.143. The van der Waals surface area contributed by atoms with Crippen LogP contribution in [0.5, 0.6) is 5.75 Å². The number of carboxylic acid groups (broad SMARTS) is 1. The molecule has 1 aliphatic heterocycles. The van der Waals surface area contributed by atoms with Gasteiger partial charge in [-0.2, -0.15) is 5.10 Å². The first kappa shape index (κ1) is 20.5. The molecule has 0 fully saturated rings. The fourth-order valence-electron chi connectivity index (χ4n) is 3.79. The quantitative estimate of drug-likeness (QED) is 0.393. The van der Waals surface area contributed by atoms with Gasteiger partial charge in [0, 0.05) is 17.6 Å². The lowest BCUT2D eigenvalue weighted by Crippen LogP contribution is -2.30. The van der Waals surface area contributed by atoms with Gasteiger partial charge in [-0.05, 0) is 41.8 Å². The van der Waals surface area contributed by atoms with E-state index >= 15 is 0 Å². The van der Waals surface area contributed by atoms with Crippen LogP contribution in [0.15, 0.2) is 52.0 Å². The van der Waals surface area contributed by atoms with Gasteiger partial charge in [0.1, 0.15) is 0 Å². The van der Waals surface area contributed by atoms with Gasteiger partial charge in [0.05, 0.1) is 34.0 Å². The molecule has 2 aromatic heterocycles. The standard InChI is InChI=1S/C21H15BrClN5O4/c22-13-2-1-11-3-4-27(9-12(11)5-13)18-6-15-17(7-16(18)23)25-20(26-19(15)29)28-10-14(8-24-28)32-21(30)31/h1-2,5-8,10H,3-4,9H2,(H,30,31)(H,25,26,29). The SMILES string of the molecule is O=C(O)Oc1cnn(-c2nc3cc(Cl)c(N4CCc5ccc(Br)cc5C4)cc3c(=O)[nH]2)c1. The second kappa shape index (κ2) is 7.95. The summed E-state index contributed by atoms with van der Waals surface area (Å²) < 4.78 is 6.79. The Balaban J connectivity index is 1.51. The fourth-order valence-corrected chi connectivity index (χ4v) is 4.48. The number of nitrogens with zero attached hydrogens (tertiary/aromatic N) is 4. The zero-order chi connectivity index (χ0) is 22.4. The maximum Gasteiger partial charge on any atom is 0.511 e. The Labute approximate surface area is 194 Å². The van der Waals surface area contributed by atoms with Gasteiger partial charge in [0.25, 0.3) is 5.56 Å². The van der Waals surface area contributed by atoms with Gasteiger partial charge in [-0.25, -0.2) is 14.5 Å². The van der Waals surface area contributed by atoms with E-state index in [4.69, 9.17) is 16.7 Å². The van der Waals surface area contributed by atoms with Crippen molar-refractivity contribution in [2.75, 3.05) is 11.4 Å². The van der Waals surface area contributed by atoms with Gasteiger partial charge in [0.15, 0.2) is 5.75 Å². The van der Waals surface area contributed by atoms with Crippen LogP contribution in [0, 0.1) is 0 Å². The summed E-state index contributed by atoms with van der Waals surface area (Å²) in [6.45, 7) is 1.46. The van der Waals surface area contributed by atoms with Crippen LogP contribution in [-0.2, 0) is 13.0 Å². The number of halogens is 2. The minimum Gasteiger partial charge on any atom is -0.449 e. The molecule has 11 heteroatoms. The predicted molar refractivity (Wildman–Crippen MR) is 122 cm³/mol. The molecule has 0 radical (unpaired) electrons. The Bertz CT molecular complexity index is 1430. The highest BCUT2D eigenvalue weighted by molar-refractivity contribution is 9.10. The maximum absolute atomic E-state index is 12.8. The minimum atomic E-state index is -1.46. The Morgan fingerprint density at radius 2 is 2.09 bits per heavy atom. The molecule has 32 heavy (non-hydrogen) atoms. The number of ether oxygens (including phenoxy) is 1. The first-order valence-electron chi connectivity index (χ1n) is 9.59. The first-order chi connectivity index (χ1) is 15.4. The second-order valence-electron chi connectivity index (χ2n) is 7.28. The molecule has 5 rings (SSSR count). The Kier molecular flexibility index (Phi) is 5.10. The van der Waals surface area contributed by atoms with Crippen molar-refractivity contribution in [3.63, 3.8) is 0 Å². The number of carbonyl (C=O) groups is 1.